The van der Waals surface area contributed by atoms with E-state index in [-0.39, 0.29) is 17.5 Å². The van der Waals surface area contributed by atoms with E-state index >= 15 is 0 Å². The van der Waals surface area contributed by atoms with Gasteiger partial charge in [-0.2, -0.15) is 0 Å². The summed E-state index contributed by atoms with van der Waals surface area (Å²) < 4.78 is 11.0. The third-order valence-electron chi connectivity index (χ3n) is 5.07. The van der Waals surface area contributed by atoms with E-state index in [9.17, 15) is 4.79 Å². The van der Waals surface area contributed by atoms with Crippen LogP contribution >= 0.6 is 0 Å². The van der Waals surface area contributed by atoms with Crippen molar-refractivity contribution in [2.75, 3.05) is 7.11 Å². The Morgan fingerprint density at radius 1 is 1.22 bits per heavy atom. The maximum atomic E-state index is 12.1. The standard InChI is InChI=1S/C15H26O3/c1-10(2)12-6-8-14(9-7-12)15(18-14,11(3)4)13(16)17-5/h10-12H,6-9H2,1-5H3. The van der Waals surface area contributed by atoms with Crippen molar-refractivity contribution in [3.05, 3.63) is 0 Å². The molecule has 0 aromatic heterocycles. The van der Waals surface area contributed by atoms with Crippen LogP contribution in [-0.4, -0.2) is 24.3 Å². The molecule has 3 nitrogen and oxygen atoms in total. The lowest BCUT2D eigenvalue weighted by Crippen LogP contribution is -2.42. The molecule has 104 valence electrons. The molecule has 0 bridgehead atoms. The second-order valence-electron chi connectivity index (χ2n) is 6.56. The number of rotatable bonds is 3. The quantitative estimate of drug-likeness (QED) is 0.573. The highest BCUT2D eigenvalue weighted by Gasteiger charge is 2.76. The summed E-state index contributed by atoms with van der Waals surface area (Å²) in [4.78, 5) is 12.1. The summed E-state index contributed by atoms with van der Waals surface area (Å²) in [6, 6.07) is 0. The van der Waals surface area contributed by atoms with Gasteiger partial charge in [-0.25, -0.2) is 4.79 Å². The molecule has 0 aromatic rings. The first-order chi connectivity index (χ1) is 8.39. The summed E-state index contributed by atoms with van der Waals surface area (Å²) in [5.41, 5.74) is -0.886. The number of ether oxygens (including phenoxy) is 2. The number of methoxy groups -OCH3 is 1. The Morgan fingerprint density at radius 2 is 1.78 bits per heavy atom. The maximum absolute atomic E-state index is 12.1. The molecule has 0 aromatic carbocycles. The van der Waals surface area contributed by atoms with Crippen LogP contribution < -0.4 is 0 Å². The van der Waals surface area contributed by atoms with E-state index in [1.807, 2.05) is 0 Å². The van der Waals surface area contributed by atoms with Crippen molar-refractivity contribution in [2.45, 2.75) is 64.6 Å². The second-order valence-corrected chi connectivity index (χ2v) is 6.56. The normalized spacial score (nSPS) is 39.4. The number of esters is 1. The molecule has 1 atom stereocenters. The lowest BCUT2D eigenvalue weighted by Gasteiger charge is -2.31. The van der Waals surface area contributed by atoms with E-state index in [1.165, 1.54) is 20.0 Å². The van der Waals surface area contributed by atoms with E-state index in [4.69, 9.17) is 9.47 Å². The summed E-state index contributed by atoms with van der Waals surface area (Å²) in [5, 5.41) is 0. The van der Waals surface area contributed by atoms with Crippen molar-refractivity contribution in [3.8, 4) is 0 Å². The molecule has 1 aliphatic heterocycles. The van der Waals surface area contributed by atoms with Gasteiger partial charge in [0.05, 0.1) is 7.11 Å². The third kappa shape index (κ3) is 1.78. The lowest BCUT2D eigenvalue weighted by molar-refractivity contribution is -0.148. The summed E-state index contributed by atoms with van der Waals surface area (Å²) in [7, 11) is 1.46. The van der Waals surface area contributed by atoms with Gasteiger partial charge >= 0.3 is 5.97 Å². The predicted molar refractivity (Wildman–Crippen MR) is 70.2 cm³/mol. The molecule has 18 heavy (non-hydrogen) atoms. The molecule has 1 spiro atoms. The van der Waals surface area contributed by atoms with Crippen LogP contribution in [0.3, 0.4) is 0 Å². The van der Waals surface area contributed by atoms with Gasteiger partial charge in [-0.15, -0.1) is 0 Å². The van der Waals surface area contributed by atoms with Crippen LogP contribution in [0.5, 0.6) is 0 Å². The molecule has 2 rings (SSSR count). The van der Waals surface area contributed by atoms with Crippen molar-refractivity contribution in [1.29, 1.82) is 0 Å². The molecule has 3 heteroatoms. The van der Waals surface area contributed by atoms with Gasteiger partial charge < -0.3 is 9.47 Å². The smallest absolute Gasteiger partial charge is 0.341 e. The molecule has 0 N–H and O–H groups in total. The minimum absolute atomic E-state index is 0.180. The van der Waals surface area contributed by atoms with Crippen LogP contribution in [0.4, 0.5) is 0 Å². The first-order valence-electron chi connectivity index (χ1n) is 7.18. The third-order valence-corrected chi connectivity index (χ3v) is 5.07. The Balaban J connectivity index is 2.10. The predicted octanol–water partition coefficient (Wildman–Crippen LogP) is 3.17. The van der Waals surface area contributed by atoms with Crippen LogP contribution in [-0.2, 0) is 14.3 Å². The molecule has 0 radical (unpaired) electrons. The van der Waals surface area contributed by atoms with Crippen LogP contribution in [0.25, 0.3) is 0 Å². The largest absolute Gasteiger partial charge is 0.467 e. The van der Waals surface area contributed by atoms with Crippen LogP contribution in [0.1, 0.15) is 53.4 Å². The topological polar surface area (TPSA) is 38.8 Å². The van der Waals surface area contributed by atoms with E-state index in [2.05, 4.69) is 27.7 Å². The molecule has 1 saturated carbocycles. The summed E-state index contributed by atoms with van der Waals surface area (Å²) in [6.07, 6.45) is 4.35. The van der Waals surface area contributed by atoms with Gasteiger partial charge in [-0.05, 0) is 43.4 Å². The zero-order valence-corrected chi connectivity index (χ0v) is 12.3. The number of hydrogen-bond donors (Lipinski definition) is 0. The molecule has 2 fully saturated rings. The van der Waals surface area contributed by atoms with E-state index in [1.54, 1.807) is 0 Å². The minimum Gasteiger partial charge on any atom is -0.467 e. The summed E-state index contributed by atoms with van der Waals surface area (Å²) in [6.45, 7) is 8.68. The average Bonchev–Trinajstić information content (AvgIpc) is 2.98. The molecule has 1 unspecified atom stereocenters. The molecule has 0 amide bonds. The summed E-state index contributed by atoms with van der Waals surface area (Å²) >= 11 is 0. The maximum Gasteiger partial charge on any atom is 0.341 e. The lowest BCUT2D eigenvalue weighted by atomic mass is 9.70. The first-order valence-corrected chi connectivity index (χ1v) is 7.18. The number of carbonyl (C=O) groups excluding carboxylic acids is 1. The Bertz CT molecular complexity index is 327. The van der Waals surface area contributed by atoms with Crippen molar-refractivity contribution in [3.63, 3.8) is 0 Å². The van der Waals surface area contributed by atoms with E-state index < -0.39 is 5.60 Å². The molecular formula is C15H26O3. The van der Waals surface area contributed by atoms with Crippen molar-refractivity contribution < 1.29 is 14.3 Å². The molecular weight excluding hydrogens is 228 g/mol. The minimum atomic E-state index is -0.663. The zero-order chi connectivity index (χ0) is 13.6. The second kappa shape index (κ2) is 4.52. The average molecular weight is 254 g/mol. The number of hydrogen-bond acceptors (Lipinski definition) is 3. The van der Waals surface area contributed by atoms with Gasteiger partial charge in [-0.3, -0.25) is 0 Å². The SMILES string of the molecule is COC(=O)C1(C(C)C)OC12CCC(C(C)C)CC2. The zero-order valence-electron chi connectivity index (χ0n) is 12.3. The van der Waals surface area contributed by atoms with Gasteiger partial charge in [0.15, 0.2) is 5.60 Å². The highest BCUT2D eigenvalue weighted by molar-refractivity contribution is 5.85. The highest BCUT2D eigenvalue weighted by atomic mass is 16.7. The summed E-state index contributed by atoms with van der Waals surface area (Å²) in [5.74, 6) is 1.51. The van der Waals surface area contributed by atoms with Gasteiger partial charge in [0.2, 0.25) is 0 Å². The molecule has 1 heterocycles. The van der Waals surface area contributed by atoms with E-state index in [0.717, 1.165) is 24.7 Å². The van der Waals surface area contributed by atoms with Gasteiger partial charge in [0.25, 0.3) is 0 Å². The fourth-order valence-corrected chi connectivity index (χ4v) is 3.79. The molecule has 2 aliphatic rings. The Morgan fingerprint density at radius 3 is 2.17 bits per heavy atom. The Hall–Kier alpha value is -0.570. The Labute approximate surface area is 110 Å². The van der Waals surface area contributed by atoms with Crippen molar-refractivity contribution >= 4 is 5.97 Å². The monoisotopic (exact) mass is 254 g/mol. The fourth-order valence-electron chi connectivity index (χ4n) is 3.79. The first kappa shape index (κ1) is 13.9. The van der Waals surface area contributed by atoms with Crippen LogP contribution in [0.2, 0.25) is 0 Å². The van der Waals surface area contributed by atoms with Gasteiger partial charge in [0.1, 0.15) is 5.60 Å². The molecule has 1 saturated heterocycles. The van der Waals surface area contributed by atoms with Crippen molar-refractivity contribution in [1.82, 2.24) is 0 Å². The van der Waals surface area contributed by atoms with Crippen LogP contribution in [0, 0.1) is 17.8 Å². The number of carbonyl (C=O) groups is 1. The van der Waals surface area contributed by atoms with Crippen LogP contribution in [0.15, 0.2) is 0 Å². The van der Waals surface area contributed by atoms with Gasteiger partial charge in [-0.1, -0.05) is 27.7 Å². The van der Waals surface area contributed by atoms with Gasteiger partial charge in [0, 0.05) is 0 Å². The van der Waals surface area contributed by atoms with E-state index in [0.29, 0.717) is 0 Å². The fraction of sp³-hybridized carbons (Fsp3) is 0.933. The van der Waals surface area contributed by atoms with Crippen molar-refractivity contribution in [2.24, 2.45) is 17.8 Å². The highest BCUT2D eigenvalue weighted by Crippen LogP contribution is 2.61. The Kier molecular flexibility index (Phi) is 3.48. The molecule has 1 aliphatic carbocycles. The number of epoxide rings is 1.